The first kappa shape index (κ1) is 12.0. The van der Waals surface area contributed by atoms with Gasteiger partial charge < -0.3 is 4.90 Å². The monoisotopic (exact) mass is 227 g/mol. The molecule has 0 fully saturated rings. The molecule has 0 saturated heterocycles. The molecule has 0 heterocycles. The van der Waals surface area contributed by atoms with Gasteiger partial charge in [0.2, 0.25) is 5.91 Å². The summed E-state index contributed by atoms with van der Waals surface area (Å²) in [6, 6.07) is 6.26. The molecule has 2 nitrogen and oxygen atoms in total. The van der Waals surface area contributed by atoms with Crippen molar-refractivity contribution >= 4 is 18.5 Å². The van der Waals surface area contributed by atoms with Crippen molar-refractivity contribution in [2.24, 2.45) is 0 Å². The summed E-state index contributed by atoms with van der Waals surface area (Å²) >= 11 is 3.99. The van der Waals surface area contributed by atoms with Gasteiger partial charge in [-0.1, -0.05) is 12.1 Å². The van der Waals surface area contributed by atoms with Gasteiger partial charge in [-0.3, -0.25) is 4.79 Å². The maximum atomic E-state index is 12.9. The molecular weight excluding hydrogens is 213 g/mol. The molecule has 0 aromatic heterocycles. The van der Waals surface area contributed by atoms with Crippen LogP contribution in [0.2, 0.25) is 0 Å². The summed E-state index contributed by atoms with van der Waals surface area (Å²) in [5.74, 6) is 0.281. The van der Waals surface area contributed by atoms with E-state index in [2.05, 4.69) is 12.6 Å². The minimum atomic E-state index is -0.275. The van der Waals surface area contributed by atoms with Gasteiger partial charge in [0.1, 0.15) is 5.82 Å². The first-order valence-electron chi connectivity index (χ1n) is 4.72. The third kappa shape index (κ3) is 3.91. The Morgan fingerprint density at radius 3 is 2.87 bits per heavy atom. The maximum Gasteiger partial charge on any atom is 0.223 e. The molecule has 1 aromatic carbocycles. The normalized spacial score (nSPS) is 10.1. The van der Waals surface area contributed by atoms with Crippen molar-refractivity contribution in [2.45, 2.75) is 13.0 Å². The van der Waals surface area contributed by atoms with Crippen LogP contribution in [0.1, 0.15) is 12.0 Å². The molecule has 0 N–H and O–H groups in total. The summed E-state index contributed by atoms with van der Waals surface area (Å²) in [6.45, 7) is 0.435. The fourth-order valence-corrected chi connectivity index (χ4v) is 1.48. The van der Waals surface area contributed by atoms with E-state index in [1.807, 2.05) is 0 Å². The van der Waals surface area contributed by atoms with E-state index in [4.69, 9.17) is 0 Å². The first-order chi connectivity index (χ1) is 7.13. The number of thiol groups is 1. The van der Waals surface area contributed by atoms with Crippen molar-refractivity contribution in [3.8, 4) is 0 Å². The fraction of sp³-hybridized carbons (Fsp3) is 0.364. The van der Waals surface area contributed by atoms with Gasteiger partial charge in [0, 0.05) is 20.0 Å². The van der Waals surface area contributed by atoms with Crippen LogP contribution in [0.15, 0.2) is 24.3 Å². The van der Waals surface area contributed by atoms with Crippen molar-refractivity contribution < 1.29 is 9.18 Å². The topological polar surface area (TPSA) is 20.3 Å². The van der Waals surface area contributed by atoms with E-state index in [0.717, 1.165) is 5.56 Å². The largest absolute Gasteiger partial charge is 0.341 e. The third-order valence-corrected chi connectivity index (χ3v) is 2.28. The zero-order valence-corrected chi connectivity index (χ0v) is 9.51. The lowest BCUT2D eigenvalue weighted by Crippen LogP contribution is -2.26. The summed E-state index contributed by atoms with van der Waals surface area (Å²) < 4.78 is 12.9. The zero-order chi connectivity index (χ0) is 11.3. The second-order valence-electron chi connectivity index (χ2n) is 3.35. The Hall–Kier alpha value is -1.03. The van der Waals surface area contributed by atoms with Crippen molar-refractivity contribution in [2.75, 3.05) is 12.8 Å². The molecule has 0 atom stereocenters. The van der Waals surface area contributed by atoms with E-state index in [9.17, 15) is 9.18 Å². The van der Waals surface area contributed by atoms with Crippen LogP contribution in [0.3, 0.4) is 0 Å². The quantitative estimate of drug-likeness (QED) is 0.781. The standard InChI is InChI=1S/C11H14FNOS/c1-13(11(14)5-6-15)8-9-3-2-4-10(12)7-9/h2-4,7,15H,5-6,8H2,1H3. The van der Waals surface area contributed by atoms with Crippen LogP contribution in [0, 0.1) is 5.82 Å². The lowest BCUT2D eigenvalue weighted by atomic mass is 10.2. The molecule has 15 heavy (non-hydrogen) atoms. The number of halogens is 1. The van der Waals surface area contributed by atoms with E-state index in [0.29, 0.717) is 18.7 Å². The van der Waals surface area contributed by atoms with Crippen molar-refractivity contribution in [3.05, 3.63) is 35.6 Å². The molecule has 1 aromatic rings. The summed E-state index contributed by atoms with van der Waals surface area (Å²) in [6.07, 6.45) is 0.412. The molecule has 0 aliphatic heterocycles. The van der Waals surface area contributed by atoms with Crippen LogP contribution >= 0.6 is 12.6 Å². The molecule has 0 unspecified atom stereocenters. The molecule has 0 aliphatic carbocycles. The predicted octanol–water partition coefficient (Wildman–Crippen LogP) is 2.10. The average Bonchev–Trinajstić information content (AvgIpc) is 2.18. The Morgan fingerprint density at radius 2 is 2.27 bits per heavy atom. The number of carbonyl (C=O) groups is 1. The number of amides is 1. The van der Waals surface area contributed by atoms with Crippen LogP contribution in [-0.4, -0.2) is 23.6 Å². The molecule has 1 amide bonds. The summed E-state index contributed by atoms with van der Waals surface area (Å²) in [4.78, 5) is 13.0. The molecule has 0 saturated carbocycles. The van der Waals surface area contributed by atoms with Crippen LogP contribution < -0.4 is 0 Å². The SMILES string of the molecule is CN(Cc1cccc(F)c1)C(=O)CCS. The van der Waals surface area contributed by atoms with Crippen LogP contribution in [-0.2, 0) is 11.3 Å². The van der Waals surface area contributed by atoms with E-state index < -0.39 is 0 Å². The molecule has 4 heteroatoms. The molecule has 0 aliphatic rings. The van der Waals surface area contributed by atoms with Crippen LogP contribution in [0.4, 0.5) is 4.39 Å². The first-order valence-corrected chi connectivity index (χ1v) is 5.36. The van der Waals surface area contributed by atoms with Gasteiger partial charge in [-0.05, 0) is 23.4 Å². The van der Waals surface area contributed by atoms with Crippen molar-refractivity contribution in [1.29, 1.82) is 0 Å². The Balaban J connectivity index is 2.58. The zero-order valence-electron chi connectivity index (χ0n) is 8.61. The Bertz CT molecular complexity index is 343. The summed E-state index contributed by atoms with van der Waals surface area (Å²) in [7, 11) is 1.71. The smallest absolute Gasteiger partial charge is 0.223 e. The lowest BCUT2D eigenvalue weighted by Gasteiger charge is -2.16. The number of hydrogen-bond acceptors (Lipinski definition) is 2. The van der Waals surface area contributed by atoms with Gasteiger partial charge in [0.05, 0.1) is 0 Å². The number of rotatable bonds is 4. The predicted molar refractivity (Wildman–Crippen MR) is 61.3 cm³/mol. The lowest BCUT2D eigenvalue weighted by molar-refractivity contribution is -0.129. The van der Waals surface area contributed by atoms with Crippen LogP contribution in [0.5, 0.6) is 0 Å². The number of benzene rings is 1. The molecule has 0 bridgehead atoms. The van der Waals surface area contributed by atoms with Gasteiger partial charge in [-0.2, -0.15) is 12.6 Å². The van der Waals surface area contributed by atoms with Gasteiger partial charge in [0.15, 0.2) is 0 Å². The van der Waals surface area contributed by atoms with Gasteiger partial charge >= 0.3 is 0 Å². The van der Waals surface area contributed by atoms with Crippen molar-refractivity contribution in [3.63, 3.8) is 0 Å². The van der Waals surface area contributed by atoms with Gasteiger partial charge in [-0.15, -0.1) is 0 Å². The number of carbonyl (C=O) groups excluding carboxylic acids is 1. The summed E-state index contributed by atoms with van der Waals surface area (Å²) in [5, 5.41) is 0. The van der Waals surface area contributed by atoms with E-state index in [1.54, 1.807) is 24.1 Å². The third-order valence-electron chi connectivity index (χ3n) is 2.06. The second-order valence-corrected chi connectivity index (χ2v) is 3.80. The highest BCUT2D eigenvalue weighted by molar-refractivity contribution is 7.80. The van der Waals surface area contributed by atoms with Gasteiger partial charge in [0.25, 0.3) is 0 Å². The number of nitrogens with zero attached hydrogens (tertiary/aromatic N) is 1. The number of hydrogen-bond donors (Lipinski definition) is 1. The van der Waals surface area contributed by atoms with Crippen molar-refractivity contribution in [1.82, 2.24) is 4.90 Å². The Labute approximate surface area is 94.5 Å². The fourth-order valence-electron chi connectivity index (χ4n) is 1.28. The van der Waals surface area contributed by atoms with Crippen LogP contribution in [0.25, 0.3) is 0 Å². The molecular formula is C11H14FNOS. The molecule has 0 spiro atoms. The second kappa shape index (κ2) is 5.75. The molecule has 82 valence electrons. The highest BCUT2D eigenvalue weighted by Crippen LogP contribution is 2.07. The average molecular weight is 227 g/mol. The van der Waals surface area contributed by atoms with E-state index >= 15 is 0 Å². The van der Waals surface area contributed by atoms with E-state index in [-0.39, 0.29) is 11.7 Å². The highest BCUT2D eigenvalue weighted by Gasteiger charge is 2.07. The van der Waals surface area contributed by atoms with E-state index in [1.165, 1.54) is 12.1 Å². The maximum absolute atomic E-state index is 12.9. The highest BCUT2D eigenvalue weighted by atomic mass is 32.1. The molecule has 1 rings (SSSR count). The Kier molecular flexibility index (Phi) is 4.62. The Morgan fingerprint density at radius 1 is 1.53 bits per heavy atom. The van der Waals surface area contributed by atoms with Gasteiger partial charge in [-0.25, -0.2) is 4.39 Å². The minimum Gasteiger partial charge on any atom is -0.341 e. The molecule has 0 radical (unpaired) electrons. The summed E-state index contributed by atoms with van der Waals surface area (Å²) in [5.41, 5.74) is 0.796. The minimum absolute atomic E-state index is 0.0225.